The summed E-state index contributed by atoms with van der Waals surface area (Å²) in [6.45, 7) is 2.16. The molecule has 0 amide bonds. The summed E-state index contributed by atoms with van der Waals surface area (Å²) in [7, 11) is 0. The first-order valence-corrected chi connectivity index (χ1v) is 13.9. The summed E-state index contributed by atoms with van der Waals surface area (Å²) in [4.78, 5) is 19.9. The largest absolute Gasteiger partial charge is 0.296 e. The minimum Gasteiger partial charge on any atom is -0.296 e. The predicted octanol–water partition coefficient (Wildman–Crippen LogP) is 8.57. The van der Waals surface area contributed by atoms with Crippen LogP contribution in [-0.2, 0) is 6.42 Å². The van der Waals surface area contributed by atoms with E-state index < -0.39 is 0 Å². The summed E-state index contributed by atoms with van der Waals surface area (Å²) in [5.41, 5.74) is 8.00. The van der Waals surface area contributed by atoms with Crippen LogP contribution in [0.5, 0.6) is 0 Å². The first-order valence-electron chi connectivity index (χ1n) is 13.9. The topological polar surface area (TPSA) is 56.5 Å². The minimum absolute atomic E-state index is 0.711. The van der Waals surface area contributed by atoms with E-state index in [0.29, 0.717) is 5.82 Å². The van der Waals surface area contributed by atoms with Crippen molar-refractivity contribution in [1.82, 2.24) is 24.5 Å². The van der Waals surface area contributed by atoms with Gasteiger partial charge in [-0.15, -0.1) is 0 Å². The van der Waals surface area contributed by atoms with Crippen molar-refractivity contribution in [2.75, 3.05) is 0 Å². The monoisotopic (exact) mass is 527 g/mol. The third-order valence-electron chi connectivity index (χ3n) is 7.80. The van der Waals surface area contributed by atoms with Crippen LogP contribution in [0.3, 0.4) is 0 Å². The minimum atomic E-state index is 0.711. The average Bonchev–Trinajstić information content (AvgIpc) is 3.43. The van der Waals surface area contributed by atoms with E-state index >= 15 is 0 Å². The highest BCUT2D eigenvalue weighted by Gasteiger charge is 2.19. The van der Waals surface area contributed by atoms with Crippen LogP contribution in [0.2, 0.25) is 0 Å². The van der Waals surface area contributed by atoms with Gasteiger partial charge in [-0.3, -0.25) is 4.57 Å². The highest BCUT2D eigenvalue weighted by Crippen LogP contribution is 2.38. The number of imidazole rings is 1. The molecule has 8 rings (SSSR count). The molecule has 0 N–H and O–H groups in total. The van der Waals surface area contributed by atoms with Crippen molar-refractivity contribution in [1.29, 1.82) is 0 Å². The lowest BCUT2D eigenvalue weighted by Crippen LogP contribution is -1.99. The molecule has 0 aliphatic rings. The highest BCUT2D eigenvalue weighted by atomic mass is 15.1. The number of hydrogen-bond donors (Lipinski definition) is 0. The maximum Gasteiger partial charge on any atom is 0.159 e. The van der Waals surface area contributed by atoms with Crippen molar-refractivity contribution in [2.45, 2.75) is 13.3 Å². The van der Waals surface area contributed by atoms with Gasteiger partial charge in [-0.1, -0.05) is 91.9 Å². The van der Waals surface area contributed by atoms with E-state index in [1.165, 1.54) is 0 Å². The van der Waals surface area contributed by atoms with Gasteiger partial charge in [0.1, 0.15) is 5.82 Å². The number of nitrogens with zero attached hydrogens (tertiary/aromatic N) is 5. The zero-order valence-electron chi connectivity index (χ0n) is 22.5. The fraction of sp³-hybridized carbons (Fsp3) is 0.0556. The normalized spacial score (nSPS) is 11.6. The van der Waals surface area contributed by atoms with E-state index in [1.54, 1.807) is 0 Å². The Morgan fingerprint density at radius 3 is 2.17 bits per heavy atom. The van der Waals surface area contributed by atoms with Crippen molar-refractivity contribution >= 4 is 43.6 Å². The molecule has 0 spiro atoms. The van der Waals surface area contributed by atoms with E-state index in [4.69, 9.17) is 15.0 Å². The molecule has 0 aliphatic heterocycles. The highest BCUT2D eigenvalue weighted by molar-refractivity contribution is 6.19. The van der Waals surface area contributed by atoms with Crippen LogP contribution >= 0.6 is 0 Å². The molecule has 3 heterocycles. The molecule has 0 atom stereocenters. The second-order valence-electron chi connectivity index (χ2n) is 10.2. The van der Waals surface area contributed by atoms with E-state index in [2.05, 4.69) is 95.3 Å². The summed E-state index contributed by atoms with van der Waals surface area (Å²) < 4.78 is 2.27. The Morgan fingerprint density at radius 1 is 0.610 bits per heavy atom. The van der Waals surface area contributed by atoms with Crippen molar-refractivity contribution in [3.8, 4) is 28.3 Å². The molecule has 0 radical (unpaired) electrons. The molecule has 0 unspecified atom stereocenters. The van der Waals surface area contributed by atoms with Crippen LogP contribution in [-0.4, -0.2) is 24.5 Å². The van der Waals surface area contributed by atoms with Gasteiger partial charge in [-0.2, -0.15) is 0 Å². The molecule has 5 nitrogen and oxygen atoms in total. The molecule has 5 heteroatoms. The van der Waals surface area contributed by atoms with Crippen molar-refractivity contribution in [2.24, 2.45) is 0 Å². The molecule has 41 heavy (non-hydrogen) atoms. The molecule has 3 aromatic heterocycles. The third-order valence-corrected chi connectivity index (χ3v) is 7.80. The summed E-state index contributed by atoms with van der Waals surface area (Å²) in [5, 5.41) is 4.38. The molecular formula is C36H25N5. The van der Waals surface area contributed by atoms with E-state index in [-0.39, 0.29) is 0 Å². The van der Waals surface area contributed by atoms with Gasteiger partial charge in [-0.25, -0.2) is 19.9 Å². The van der Waals surface area contributed by atoms with Gasteiger partial charge < -0.3 is 0 Å². The summed E-state index contributed by atoms with van der Waals surface area (Å²) in [5.74, 6) is 1.74. The predicted molar refractivity (Wildman–Crippen MR) is 167 cm³/mol. The maximum atomic E-state index is 5.23. The summed E-state index contributed by atoms with van der Waals surface area (Å²) >= 11 is 0. The molecule has 0 saturated carbocycles. The zero-order valence-corrected chi connectivity index (χ0v) is 22.5. The zero-order chi connectivity index (χ0) is 27.3. The van der Waals surface area contributed by atoms with Gasteiger partial charge in [0, 0.05) is 45.6 Å². The molecule has 194 valence electrons. The summed E-state index contributed by atoms with van der Waals surface area (Å²) in [6, 6.07) is 39.7. The Labute approximate surface area is 236 Å². The van der Waals surface area contributed by atoms with Crippen LogP contribution in [0.25, 0.3) is 71.9 Å². The number of rotatable bonds is 4. The fourth-order valence-electron chi connectivity index (χ4n) is 5.83. The van der Waals surface area contributed by atoms with E-state index in [1.807, 2.05) is 42.6 Å². The number of benzene rings is 5. The van der Waals surface area contributed by atoms with Crippen LogP contribution in [0.1, 0.15) is 12.7 Å². The van der Waals surface area contributed by atoms with Crippen molar-refractivity contribution in [3.05, 3.63) is 127 Å². The molecule has 8 aromatic rings. The second kappa shape index (κ2) is 9.35. The van der Waals surface area contributed by atoms with E-state index in [0.717, 1.165) is 78.4 Å². The lowest BCUT2D eigenvalue weighted by atomic mass is 9.98. The number of pyridine rings is 1. The Morgan fingerprint density at radius 2 is 1.34 bits per heavy atom. The van der Waals surface area contributed by atoms with Crippen LogP contribution in [0, 0.1) is 0 Å². The van der Waals surface area contributed by atoms with Crippen molar-refractivity contribution in [3.63, 3.8) is 0 Å². The lowest BCUT2D eigenvalue weighted by molar-refractivity contribution is 0.908. The van der Waals surface area contributed by atoms with Crippen LogP contribution < -0.4 is 0 Å². The first-order chi connectivity index (χ1) is 20.3. The van der Waals surface area contributed by atoms with Gasteiger partial charge in [0.25, 0.3) is 0 Å². The molecule has 5 aromatic carbocycles. The van der Waals surface area contributed by atoms with Gasteiger partial charge in [0.05, 0.1) is 27.8 Å². The SMILES string of the molecule is CCc1nc2c3c(-c4ccc(-c5ncc6ccccc6n5)cc4)nc4ccccc4c3ccc2n1-c1ccccc1. The first kappa shape index (κ1) is 23.5. The Bertz CT molecular complexity index is 2230. The number of hydrogen-bond acceptors (Lipinski definition) is 4. The van der Waals surface area contributed by atoms with Crippen molar-refractivity contribution < 1.29 is 0 Å². The number of fused-ring (bicyclic) bond motifs is 6. The molecule has 0 aliphatic carbocycles. The van der Waals surface area contributed by atoms with E-state index in [9.17, 15) is 0 Å². The van der Waals surface area contributed by atoms with Gasteiger partial charge in [-0.05, 0) is 35.7 Å². The van der Waals surface area contributed by atoms with Gasteiger partial charge in [0.2, 0.25) is 0 Å². The Balaban J connectivity index is 1.37. The fourth-order valence-corrected chi connectivity index (χ4v) is 5.83. The molecule has 0 bridgehead atoms. The van der Waals surface area contributed by atoms with Gasteiger partial charge in [0.15, 0.2) is 5.82 Å². The second-order valence-corrected chi connectivity index (χ2v) is 10.2. The smallest absolute Gasteiger partial charge is 0.159 e. The summed E-state index contributed by atoms with van der Waals surface area (Å²) in [6.07, 6.45) is 2.71. The quantitative estimate of drug-likeness (QED) is 0.215. The van der Waals surface area contributed by atoms with Crippen LogP contribution in [0.4, 0.5) is 0 Å². The molecule has 0 saturated heterocycles. The third kappa shape index (κ3) is 3.78. The number of aromatic nitrogens is 5. The lowest BCUT2D eigenvalue weighted by Gasteiger charge is -2.12. The van der Waals surface area contributed by atoms with Crippen LogP contribution in [0.15, 0.2) is 121 Å². The van der Waals surface area contributed by atoms with Gasteiger partial charge >= 0.3 is 0 Å². The Hall–Kier alpha value is -5.42. The molecule has 0 fully saturated rings. The standard InChI is InChI=1S/C36H25N5/c1-2-32-40-35-31(41(32)26-11-4-3-5-12-26)21-20-28-27-13-7-9-15-30(27)38-34(33(28)35)23-16-18-24(19-17-23)36-37-22-25-10-6-8-14-29(25)39-36/h3-22H,2H2,1H3. The molecular weight excluding hydrogens is 502 g/mol. The average molecular weight is 528 g/mol. The Kier molecular flexibility index (Phi) is 5.35. The maximum absolute atomic E-state index is 5.23. The number of para-hydroxylation sites is 3. The number of aryl methyl sites for hydroxylation is 1.